The Morgan fingerprint density at radius 3 is 2.79 bits per heavy atom. The molecule has 0 spiro atoms. The van der Waals surface area contributed by atoms with Gasteiger partial charge in [0.1, 0.15) is 11.6 Å². The standard InChI is InChI=1S/C23H31FN2O3/c1-17(2)23(27)26(9-11-28-3)14-19-13-25(15-21-8-5-10-29-21)16-22(19)18-6-4-7-20(24)12-18/h4-8,10,12,17,19,22H,9,11,13-16H2,1-3H3. The maximum Gasteiger partial charge on any atom is 0.225 e. The van der Waals surface area contributed by atoms with Gasteiger partial charge in [-0.25, -0.2) is 4.39 Å². The summed E-state index contributed by atoms with van der Waals surface area (Å²) in [6, 6.07) is 10.7. The number of likely N-dealkylation sites (tertiary alicyclic amines) is 1. The van der Waals surface area contributed by atoms with Gasteiger partial charge in [0.05, 0.1) is 19.4 Å². The molecular formula is C23H31FN2O3. The largest absolute Gasteiger partial charge is 0.468 e. The first-order valence-corrected chi connectivity index (χ1v) is 10.3. The molecule has 6 heteroatoms. The Morgan fingerprint density at radius 1 is 1.31 bits per heavy atom. The Bertz CT molecular complexity index is 778. The molecule has 1 aromatic heterocycles. The van der Waals surface area contributed by atoms with Gasteiger partial charge in [0.2, 0.25) is 5.91 Å². The van der Waals surface area contributed by atoms with Crippen LogP contribution in [0.3, 0.4) is 0 Å². The van der Waals surface area contributed by atoms with Crippen LogP contribution in [0.2, 0.25) is 0 Å². The van der Waals surface area contributed by atoms with Crippen LogP contribution in [-0.2, 0) is 16.1 Å². The van der Waals surface area contributed by atoms with E-state index in [4.69, 9.17) is 9.15 Å². The minimum absolute atomic E-state index is 0.0694. The van der Waals surface area contributed by atoms with Crippen molar-refractivity contribution >= 4 is 5.91 Å². The van der Waals surface area contributed by atoms with Gasteiger partial charge in [0.15, 0.2) is 0 Å². The SMILES string of the molecule is COCCN(CC1CN(Cc2ccco2)CC1c1cccc(F)c1)C(=O)C(C)C. The summed E-state index contributed by atoms with van der Waals surface area (Å²) in [6.07, 6.45) is 1.68. The second kappa shape index (κ2) is 10.0. The van der Waals surface area contributed by atoms with Crippen molar-refractivity contribution in [2.75, 3.05) is 39.9 Å². The maximum atomic E-state index is 13.9. The first kappa shape index (κ1) is 21.5. The Morgan fingerprint density at radius 2 is 2.14 bits per heavy atom. The zero-order valence-corrected chi connectivity index (χ0v) is 17.5. The molecule has 29 heavy (non-hydrogen) atoms. The van der Waals surface area contributed by atoms with E-state index in [9.17, 15) is 9.18 Å². The van der Waals surface area contributed by atoms with Crippen molar-refractivity contribution in [3.05, 3.63) is 59.8 Å². The topological polar surface area (TPSA) is 45.9 Å². The van der Waals surface area contributed by atoms with Crippen LogP contribution in [0.15, 0.2) is 47.1 Å². The van der Waals surface area contributed by atoms with Gasteiger partial charge >= 0.3 is 0 Å². The van der Waals surface area contributed by atoms with Gasteiger partial charge in [-0.3, -0.25) is 9.69 Å². The molecular weight excluding hydrogens is 371 g/mol. The molecule has 1 amide bonds. The molecule has 5 nitrogen and oxygen atoms in total. The van der Waals surface area contributed by atoms with Gasteiger partial charge in [-0.1, -0.05) is 26.0 Å². The summed E-state index contributed by atoms with van der Waals surface area (Å²) in [4.78, 5) is 17.0. The molecule has 0 aliphatic carbocycles. The number of rotatable bonds is 9. The Kier molecular flexibility index (Phi) is 7.45. The van der Waals surface area contributed by atoms with Crippen molar-refractivity contribution in [1.82, 2.24) is 9.80 Å². The van der Waals surface area contributed by atoms with E-state index in [2.05, 4.69) is 4.90 Å². The average molecular weight is 403 g/mol. The van der Waals surface area contributed by atoms with Gasteiger partial charge < -0.3 is 14.1 Å². The quantitative estimate of drug-likeness (QED) is 0.641. The number of nitrogens with zero attached hydrogens (tertiary/aromatic N) is 2. The Balaban J connectivity index is 1.79. The van der Waals surface area contributed by atoms with Crippen LogP contribution in [0.1, 0.15) is 31.1 Å². The molecule has 0 saturated carbocycles. The second-order valence-corrected chi connectivity index (χ2v) is 8.13. The molecule has 1 aromatic carbocycles. The fourth-order valence-corrected chi connectivity index (χ4v) is 4.15. The molecule has 0 N–H and O–H groups in total. The van der Waals surface area contributed by atoms with Gasteiger partial charge in [-0.15, -0.1) is 0 Å². The van der Waals surface area contributed by atoms with E-state index in [1.54, 1.807) is 25.5 Å². The van der Waals surface area contributed by atoms with Crippen LogP contribution in [0.4, 0.5) is 4.39 Å². The molecule has 0 bridgehead atoms. The number of hydrogen-bond donors (Lipinski definition) is 0. The van der Waals surface area contributed by atoms with Gasteiger partial charge in [-0.05, 0) is 35.7 Å². The van der Waals surface area contributed by atoms with E-state index in [1.165, 1.54) is 6.07 Å². The van der Waals surface area contributed by atoms with Gasteiger partial charge in [-0.2, -0.15) is 0 Å². The first-order valence-electron chi connectivity index (χ1n) is 10.3. The first-order chi connectivity index (χ1) is 14.0. The molecule has 2 unspecified atom stereocenters. The number of carbonyl (C=O) groups excluding carboxylic acids is 1. The van der Waals surface area contributed by atoms with E-state index in [0.717, 1.165) is 24.4 Å². The summed E-state index contributed by atoms with van der Waals surface area (Å²) in [5, 5.41) is 0. The highest BCUT2D eigenvalue weighted by molar-refractivity contribution is 5.78. The van der Waals surface area contributed by atoms with Crippen molar-refractivity contribution < 1.29 is 18.3 Å². The molecule has 2 heterocycles. The van der Waals surface area contributed by atoms with E-state index >= 15 is 0 Å². The maximum absolute atomic E-state index is 13.9. The van der Waals surface area contributed by atoms with Crippen LogP contribution < -0.4 is 0 Å². The summed E-state index contributed by atoms with van der Waals surface area (Å²) in [5.41, 5.74) is 0.987. The van der Waals surface area contributed by atoms with Gasteiger partial charge in [0, 0.05) is 45.1 Å². The number of carbonyl (C=O) groups is 1. The number of methoxy groups -OCH3 is 1. The zero-order chi connectivity index (χ0) is 20.8. The summed E-state index contributed by atoms with van der Waals surface area (Å²) in [6.45, 7) is 7.90. The average Bonchev–Trinajstić information content (AvgIpc) is 3.34. The third kappa shape index (κ3) is 5.67. The van der Waals surface area contributed by atoms with Crippen molar-refractivity contribution in [3.63, 3.8) is 0 Å². The van der Waals surface area contributed by atoms with Gasteiger partial charge in [0.25, 0.3) is 0 Å². The van der Waals surface area contributed by atoms with E-state index in [1.807, 2.05) is 36.9 Å². The lowest BCUT2D eigenvalue weighted by atomic mass is 9.88. The number of ether oxygens (including phenoxy) is 1. The lowest BCUT2D eigenvalue weighted by molar-refractivity contribution is -0.135. The number of furan rings is 1. The third-order valence-corrected chi connectivity index (χ3v) is 5.58. The fraction of sp³-hybridized carbons (Fsp3) is 0.522. The highest BCUT2D eigenvalue weighted by Crippen LogP contribution is 2.34. The third-order valence-electron chi connectivity index (χ3n) is 5.58. The number of benzene rings is 1. The number of amides is 1. The number of halogens is 1. The van der Waals surface area contributed by atoms with Crippen LogP contribution in [0.25, 0.3) is 0 Å². The zero-order valence-electron chi connectivity index (χ0n) is 17.5. The summed E-state index contributed by atoms with van der Waals surface area (Å²) >= 11 is 0. The molecule has 3 rings (SSSR count). The van der Waals surface area contributed by atoms with E-state index in [0.29, 0.717) is 26.2 Å². The highest BCUT2D eigenvalue weighted by Gasteiger charge is 2.36. The molecule has 1 aliphatic heterocycles. The summed E-state index contributed by atoms with van der Waals surface area (Å²) in [5.74, 6) is 1.12. The van der Waals surface area contributed by atoms with Crippen molar-refractivity contribution in [2.45, 2.75) is 26.3 Å². The van der Waals surface area contributed by atoms with Crippen LogP contribution in [-0.4, -0.2) is 55.6 Å². The van der Waals surface area contributed by atoms with Crippen molar-refractivity contribution in [1.29, 1.82) is 0 Å². The predicted molar refractivity (Wildman–Crippen MR) is 110 cm³/mol. The second-order valence-electron chi connectivity index (χ2n) is 8.13. The lowest BCUT2D eigenvalue weighted by Crippen LogP contribution is -2.41. The molecule has 1 aliphatic rings. The van der Waals surface area contributed by atoms with Crippen LogP contribution >= 0.6 is 0 Å². The van der Waals surface area contributed by atoms with E-state index < -0.39 is 0 Å². The van der Waals surface area contributed by atoms with Crippen molar-refractivity contribution in [3.8, 4) is 0 Å². The Hall–Kier alpha value is -2.18. The summed E-state index contributed by atoms with van der Waals surface area (Å²) in [7, 11) is 1.65. The highest BCUT2D eigenvalue weighted by atomic mass is 19.1. The van der Waals surface area contributed by atoms with E-state index in [-0.39, 0.29) is 29.5 Å². The smallest absolute Gasteiger partial charge is 0.225 e. The fourth-order valence-electron chi connectivity index (χ4n) is 4.15. The molecule has 1 saturated heterocycles. The number of hydrogen-bond acceptors (Lipinski definition) is 4. The van der Waals surface area contributed by atoms with Crippen LogP contribution in [0.5, 0.6) is 0 Å². The minimum atomic E-state index is -0.222. The monoisotopic (exact) mass is 402 g/mol. The molecule has 1 fully saturated rings. The minimum Gasteiger partial charge on any atom is -0.468 e. The molecule has 0 radical (unpaired) electrons. The van der Waals surface area contributed by atoms with Crippen LogP contribution in [0, 0.1) is 17.7 Å². The Labute approximate surface area is 172 Å². The molecule has 2 aromatic rings. The molecule has 2 atom stereocenters. The summed E-state index contributed by atoms with van der Waals surface area (Å²) < 4.78 is 24.6. The van der Waals surface area contributed by atoms with Crippen molar-refractivity contribution in [2.24, 2.45) is 11.8 Å². The normalized spacial score (nSPS) is 19.8. The predicted octanol–water partition coefficient (Wildman–Crippen LogP) is 3.77. The molecule has 158 valence electrons. The lowest BCUT2D eigenvalue weighted by Gasteiger charge is -2.29.